The minimum atomic E-state index is -0.939. The largest absolute Gasteiger partial charge is 0.467 e. The molecule has 2 aromatic carbocycles. The number of amides is 1. The lowest BCUT2D eigenvalue weighted by molar-refractivity contribution is -0.142. The Bertz CT molecular complexity index is 720. The Balaban J connectivity index is 2.17. The average molecular weight is 336 g/mol. The van der Waals surface area contributed by atoms with Crippen molar-refractivity contribution < 1.29 is 18.7 Å². The van der Waals surface area contributed by atoms with Crippen LogP contribution in [0.5, 0.6) is 0 Å². The molecule has 0 aliphatic rings. The van der Waals surface area contributed by atoms with E-state index < -0.39 is 23.7 Å². The molecule has 2 rings (SSSR count). The van der Waals surface area contributed by atoms with E-state index in [4.69, 9.17) is 16.3 Å². The van der Waals surface area contributed by atoms with Crippen LogP contribution in [0, 0.1) is 5.82 Å². The van der Waals surface area contributed by atoms with Crippen LogP contribution >= 0.6 is 11.6 Å². The number of hydrogen-bond donors (Lipinski definition) is 1. The van der Waals surface area contributed by atoms with Crippen molar-refractivity contribution in [3.8, 4) is 0 Å². The first-order valence-electron chi connectivity index (χ1n) is 6.89. The number of carbonyl (C=O) groups is 2. The molecule has 0 aliphatic carbocycles. The van der Waals surface area contributed by atoms with Crippen LogP contribution in [0.15, 0.2) is 48.5 Å². The summed E-state index contributed by atoms with van der Waals surface area (Å²) in [6.45, 7) is 0. The van der Waals surface area contributed by atoms with Gasteiger partial charge in [-0.1, -0.05) is 35.9 Å². The molecular formula is C17H15ClFNO3. The molecule has 0 unspecified atom stereocenters. The normalized spacial score (nSPS) is 11.6. The minimum absolute atomic E-state index is 0.132. The number of rotatable bonds is 5. The van der Waals surface area contributed by atoms with Crippen LogP contribution < -0.4 is 5.32 Å². The smallest absolute Gasteiger partial charge is 0.328 e. The van der Waals surface area contributed by atoms with Gasteiger partial charge in [-0.15, -0.1) is 0 Å². The van der Waals surface area contributed by atoms with E-state index in [1.165, 1.54) is 25.3 Å². The van der Waals surface area contributed by atoms with Crippen LogP contribution in [0.2, 0.25) is 5.02 Å². The second-order valence-corrected chi connectivity index (χ2v) is 5.30. The second-order valence-electron chi connectivity index (χ2n) is 4.86. The predicted molar refractivity (Wildman–Crippen MR) is 84.8 cm³/mol. The van der Waals surface area contributed by atoms with E-state index in [9.17, 15) is 14.0 Å². The van der Waals surface area contributed by atoms with E-state index in [2.05, 4.69) is 5.32 Å². The van der Waals surface area contributed by atoms with Gasteiger partial charge >= 0.3 is 5.97 Å². The highest BCUT2D eigenvalue weighted by atomic mass is 35.5. The molecule has 4 nitrogen and oxygen atoms in total. The van der Waals surface area contributed by atoms with Crippen molar-refractivity contribution in [2.75, 3.05) is 7.11 Å². The molecule has 1 amide bonds. The van der Waals surface area contributed by atoms with Crippen molar-refractivity contribution in [3.63, 3.8) is 0 Å². The summed E-state index contributed by atoms with van der Waals surface area (Å²) >= 11 is 5.91. The summed E-state index contributed by atoms with van der Waals surface area (Å²) in [7, 11) is 1.22. The van der Waals surface area contributed by atoms with E-state index in [0.29, 0.717) is 5.02 Å². The Morgan fingerprint density at radius 2 is 1.96 bits per heavy atom. The summed E-state index contributed by atoms with van der Waals surface area (Å²) in [5, 5.41) is 3.02. The topological polar surface area (TPSA) is 55.4 Å². The predicted octanol–water partition coefficient (Wildman–Crippen LogP) is 2.99. The van der Waals surface area contributed by atoms with Crippen molar-refractivity contribution in [2.24, 2.45) is 0 Å². The highest BCUT2D eigenvalue weighted by Gasteiger charge is 2.23. The fourth-order valence-corrected chi connectivity index (χ4v) is 2.33. The van der Waals surface area contributed by atoms with Crippen LogP contribution in [-0.2, 0) is 16.0 Å². The molecule has 0 fully saturated rings. The lowest BCUT2D eigenvalue weighted by Crippen LogP contribution is -2.43. The summed E-state index contributed by atoms with van der Waals surface area (Å²) in [6, 6.07) is 11.5. The molecule has 0 radical (unpaired) electrons. The Morgan fingerprint density at radius 1 is 1.22 bits per heavy atom. The van der Waals surface area contributed by atoms with Gasteiger partial charge in [0.05, 0.1) is 12.7 Å². The van der Waals surface area contributed by atoms with Gasteiger partial charge in [-0.25, -0.2) is 9.18 Å². The lowest BCUT2D eigenvalue weighted by atomic mass is 10.1. The monoisotopic (exact) mass is 335 g/mol. The minimum Gasteiger partial charge on any atom is -0.467 e. The molecule has 0 bridgehead atoms. The molecule has 1 atom stereocenters. The van der Waals surface area contributed by atoms with Crippen molar-refractivity contribution in [3.05, 3.63) is 70.5 Å². The van der Waals surface area contributed by atoms with Crippen molar-refractivity contribution in [1.82, 2.24) is 5.32 Å². The molecule has 0 saturated heterocycles. The molecular weight excluding hydrogens is 321 g/mol. The summed E-state index contributed by atoms with van der Waals surface area (Å²) in [5.74, 6) is -1.95. The molecule has 2 aromatic rings. The van der Waals surface area contributed by atoms with E-state index in [1.807, 2.05) is 0 Å². The second kappa shape index (κ2) is 7.74. The third-order valence-corrected chi connectivity index (χ3v) is 3.47. The van der Waals surface area contributed by atoms with Gasteiger partial charge in [0, 0.05) is 11.4 Å². The van der Waals surface area contributed by atoms with Gasteiger partial charge in [-0.2, -0.15) is 0 Å². The van der Waals surface area contributed by atoms with E-state index in [-0.39, 0.29) is 12.0 Å². The lowest BCUT2D eigenvalue weighted by Gasteiger charge is -2.17. The van der Waals surface area contributed by atoms with E-state index in [1.54, 1.807) is 30.3 Å². The maximum Gasteiger partial charge on any atom is 0.328 e. The first kappa shape index (κ1) is 17.0. The summed E-state index contributed by atoms with van der Waals surface area (Å²) in [4.78, 5) is 24.1. The summed E-state index contributed by atoms with van der Waals surface area (Å²) in [6.07, 6.45) is 0.188. The number of ether oxygens (including phenoxy) is 1. The van der Waals surface area contributed by atoms with Gasteiger partial charge in [0.25, 0.3) is 5.91 Å². The zero-order valence-electron chi connectivity index (χ0n) is 12.4. The first-order valence-corrected chi connectivity index (χ1v) is 7.26. The number of nitrogens with one attached hydrogen (secondary N) is 1. The Labute approximate surface area is 138 Å². The van der Waals surface area contributed by atoms with Crippen LogP contribution in [-0.4, -0.2) is 25.0 Å². The maximum atomic E-state index is 13.7. The molecule has 0 heterocycles. The Hall–Kier alpha value is -2.40. The van der Waals surface area contributed by atoms with Gasteiger partial charge < -0.3 is 10.1 Å². The highest BCUT2D eigenvalue weighted by molar-refractivity contribution is 6.30. The number of esters is 1. The summed E-state index contributed by atoms with van der Waals surface area (Å²) in [5.41, 5.74) is 0.620. The van der Waals surface area contributed by atoms with E-state index in [0.717, 1.165) is 5.56 Å². The number of hydrogen-bond acceptors (Lipinski definition) is 3. The number of halogens is 2. The zero-order valence-corrected chi connectivity index (χ0v) is 13.1. The SMILES string of the molecule is COC(=O)[C@@H](Cc1cccc(Cl)c1)NC(=O)c1ccccc1F. The van der Waals surface area contributed by atoms with Crippen LogP contribution in [0.25, 0.3) is 0 Å². The van der Waals surface area contributed by atoms with Gasteiger partial charge in [0.15, 0.2) is 0 Å². The Morgan fingerprint density at radius 3 is 2.61 bits per heavy atom. The molecule has 6 heteroatoms. The fraction of sp³-hybridized carbons (Fsp3) is 0.176. The van der Waals surface area contributed by atoms with Crippen LogP contribution in [0.3, 0.4) is 0 Å². The third-order valence-electron chi connectivity index (χ3n) is 3.24. The van der Waals surface area contributed by atoms with Gasteiger partial charge in [0.2, 0.25) is 0 Å². The van der Waals surface area contributed by atoms with Gasteiger partial charge in [-0.3, -0.25) is 4.79 Å². The van der Waals surface area contributed by atoms with E-state index >= 15 is 0 Å². The van der Waals surface area contributed by atoms with Gasteiger partial charge in [-0.05, 0) is 29.8 Å². The first-order chi connectivity index (χ1) is 11.0. The van der Waals surface area contributed by atoms with Crippen molar-refractivity contribution >= 4 is 23.5 Å². The molecule has 0 aliphatic heterocycles. The zero-order chi connectivity index (χ0) is 16.8. The molecule has 0 saturated carbocycles. The molecule has 0 spiro atoms. The standard InChI is InChI=1S/C17H15ClFNO3/c1-23-17(22)15(10-11-5-4-6-12(18)9-11)20-16(21)13-7-2-3-8-14(13)19/h2-9,15H,10H2,1H3,(H,20,21)/t15-/m1/s1. The third kappa shape index (κ3) is 4.53. The molecule has 23 heavy (non-hydrogen) atoms. The Kier molecular flexibility index (Phi) is 5.71. The van der Waals surface area contributed by atoms with Crippen LogP contribution in [0.1, 0.15) is 15.9 Å². The van der Waals surface area contributed by atoms with Crippen molar-refractivity contribution in [1.29, 1.82) is 0 Å². The number of carbonyl (C=O) groups excluding carboxylic acids is 2. The molecule has 120 valence electrons. The maximum absolute atomic E-state index is 13.7. The number of methoxy groups -OCH3 is 1. The van der Waals surface area contributed by atoms with Crippen LogP contribution in [0.4, 0.5) is 4.39 Å². The van der Waals surface area contributed by atoms with Crippen molar-refractivity contribution in [2.45, 2.75) is 12.5 Å². The summed E-state index contributed by atoms with van der Waals surface area (Å²) < 4.78 is 18.4. The fourth-order valence-electron chi connectivity index (χ4n) is 2.12. The quantitative estimate of drug-likeness (QED) is 0.855. The highest BCUT2D eigenvalue weighted by Crippen LogP contribution is 2.13. The van der Waals surface area contributed by atoms with Gasteiger partial charge in [0.1, 0.15) is 11.9 Å². The average Bonchev–Trinajstić information content (AvgIpc) is 2.54. The number of benzene rings is 2. The molecule has 0 aromatic heterocycles. The molecule has 1 N–H and O–H groups in total.